The molecular weight excluding hydrogens is 285 g/mol. The zero-order chi connectivity index (χ0) is 15.5. The first-order valence-corrected chi connectivity index (χ1v) is 6.84. The van der Waals surface area contributed by atoms with Crippen LogP contribution in [0.3, 0.4) is 0 Å². The normalized spacial score (nSPS) is 23.3. The van der Waals surface area contributed by atoms with Crippen molar-refractivity contribution in [2.45, 2.75) is 38.1 Å². The van der Waals surface area contributed by atoms with Gasteiger partial charge in [0.15, 0.2) is 0 Å². The highest BCUT2D eigenvalue weighted by Crippen LogP contribution is 2.27. The molecule has 1 fully saturated rings. The van der Waals surface area contributed by atoms with Crippen LogP contribution in [0.5, 0.6) is 0 Å². The third-order valence-electron chi connectivity index (χ3n) is 3.38. The van der Waals surface area contributed by atoms with Crippen LogP contribution in [-0.2, 0) is 12.7 Å². The molecule has 1 aromatic heterocycles. The number of nitrogens with zero attached hydrogens (tertiary/aromatic N) is 2. The van der Waals surface area contributed by atoms with E-state index in [1.165, 1.54) is 6.92 Å². The van der Waals surface area contributed by atoms with Gasteiger partial charge in [-0.05, 0) is 32.4 Å². The monoisotopic (exact) mass is 304 g/mol. The van der Waals surface area contributed by atoms with E-state index in [-0.39, 0.29) is 18.1 Å². The lowest BCUT2D eigenvalue weighted by Crippen LogP contribution is -2.51. The lowest BCUT2D eigenvalue weighted by Gasteiger charge is -2.32. The molecule has 1 aliphatic rings. The standard InChI is InChI=1S/C13H19F3N4O/c1-9-5-10(13(14,15)16)20-11(19-9)6-18-8-12(21)3-2-4-17-7-12/h5,17-18,21H,2-4,6-8H2,1H3. The van der Waals surface area contributed by atoms with Gasteiger partial charge in [0.1, 0.15) is 11.5 Å². The Bertz CT molecular complexity index is 487. The molecule has 0 aliphatic carbocycles. The second kappa shape index (κ2) is 6.25. The van der Waals surface area contributed by atoms with Crippen molar-refractivity contribution in [1.29, 1.82) is 0 Å². The molecule has 21 heavy (non-hydrogen) atoms. The fourth-order valence-electron chi connectivity index (χ4n) is 2.36. The molecule has 0 aromatic carbocycles. The van der Waals surface area contributed by atoms with Gasteiger partial charge in [-0.2, -0.15) is 13.2 Å². The zero-order valence-corrected chi connectivity index (χ0v) is 11.8. The summed E-state index contributed by atoms with van der Waals surface area (Å²) in [6, 6.07) is 0.919. The van der Waals surface area contributed by atoms with E-state index in [0.717, 1.165) is 19.0 Å². The summed E-state index contributed by atoms with van der Waals surface area (Å²) in [4.78, 5) is 7.50. The van der Waals surface area contributed by atoms with Gasteiger partial charge in [-0.15, -0.1) is 0 Å². The van der Waals surface area contributed by atoms with Crippen molar-refractivity contribution in [2.24, 2.45) is 0 Å². The number of piperidine rings is 1. The third-order valence-corrected chi connectivity index (χ3v) is 3.38. The Morgan fingerprint density at radius 1 is 1.43 bits per heavy atom. The predicted octanol–water partition coefficient (Wildman–Crippen LogP) is 1.01. The third kappa shape index (κ3) is 4.62. The van der Waals surface area contributed by atoms with Crippen LogP contribution in [0.2, 0.25) is 0 Å². The quantitative estimate of drug-likeness (QED) is 0.774. The molecule has 0 amide bonds. The molecule has 3 N–H and O–H groups in total. The van der Waals surface area contributed by atoms with Crippen molar-refractivity contribution in [3.8, 4) is 0 Å². The van der Waals surface area contributed by atoms with Gasteiger partial charge in [-0.1, -0.05) is 0 Å². The topological polar surface area (TPSA) is 70.1 Å². The van der Waals surface area contributed by atoms with Gasteiger partial charge >= 0.3 is 6.18 Å². The summed E-state index contributed by atoms with van der Waals surface area (Å²) in [5, 5.41) is 16.3. The first-order chi connectivity index (χ1) is 9.78. The average molecular weight is 304 g/mol. The van der Waals surface area contributed by atoms with Gasteiger partial charge in [0.25, 0.3) is 0 Å². The summed E-state index contributed by atoms with van der Waals surface area (Å²) in [6.07, 6.45) is -2.94. The molecule has 2 heterocycles. The first-order valence-electron chi connectivity index (χ1n) is 6.84. The lowest BCUT2D eigenvalue weighted by molar-refractivity contribution is -0.141. The molecule has 5 nitrogen and oxygen atoms in total. The molecule has 1 atom stereocenters. The lowest BCUT2D eigenvalue weighted by atomic mass is 9.94. The number of hydrogen-bond acceptors (Lipinski definition) is 5. The molecule has 0 radical (unpaired) electrons. The highest BCUT2D eigenvalue weighted by Gasteiger charge is 2.33. The Morgan fingerprint density at radius 2 is 2.19 bits per heavy atom. The van der Waals surface area contributed by atoms with Crippen LogP contribution in [0.1, 0.15) is 30.1 Å². The highest BCUT2D eigenvalue weighted by atomic mass is 19.4. The molecule has 1 saturated heterocycles. The number of rotatable bonds is 4. The molecule has 1 aliphatic heterocycles. The van der Waals surface area contributed by atoms with Crippen LogP contribution in [0.15, 0.2) is 6.07 Å². The zero-order valence-electron chi connectivity index (χ0n) is 11.8. The number of aliphatic hydroxyl groups is 1. The number of hydrogen-bond donors (Lipinski definition) is 3. The maximum atomic E-state index is 12.7. The van der Waals surface area contributed by atoms with Gasteiger partial charge in [-0.3, -0.25) is 0 Å². The first kappa shape index (κ1) is 16.1. The van der Waals surface area contributed by atoms with Gasteiger partial charge in [0.2, 0.25) is 0 Å². The average Bonchev–Trinajstić information content (AvgIpc) is 2.37. The van der Waals surface area contributed by atoms with Crippen LogP contribution in [0.25, 0.3) is 0 Å². The molecule has 8 heteroatoms. The molecule has 0 spiro atoms. The van der Waals surface area contributed by atoms with E-state index < -0.39 is 17.5 Å². The molecule has 0 saturated carbocycles. The van der Waals surface area contributed by atoms with Crippen molar-refractivity contribution < 1.29 is 18.3 Å². The van der Waals surface area contributed by atoms with Gasteiger partial charge in [0, 0.05) is 18.8 Å². The molecule has 0 bridgehead atoms. The Labute approximate surface area is 121 Å². The van der Waals surface area contributed by atoms with E-state index in [9.17, 15) is 18.3 Å². The van der Waals surface area contributed by atoms with Crippen LogP contribution in [0, 0.1) is 6.92 Å². The number of nitrogens with one attached hydrogen (secondary N) is 2. The second-order valence-corrected chi connectivity index (χ2v) is 5.42. The van der Waals surface area contributed by atoms with E-state index in [4.69, 9.17) is 0 Å². The van der Waals surface area contributed by atoms with Gasteiger partial charge in [-0.25, -0.2) is 9.97 Å². The Kier molecular flexibility index (Phi) is 4.80. The molecule has 1 aromatic rings. The Balaban J connectivity index is 1.95. The van der Waals surface area contributed by atoms with E-state index >= 15 is 0 Å². The minimum absolute atomic E-state index is 0.0784. The van der Waals surface area contributed by atoms with E-state index in [2.05, 4.69) is 20.6 Å². The largest absolute Gasteiger partial charge is 0.433 e. The summed E-state index contributed by atoms with van der Waals surface area (Å²) < 4.78 is 38.0. The number of halogens is 3. The van der Waals surface area contributed by atoms with Crippen molar-refractivity contribution >= 4 is 0 Å². The maximum absolute atomic E-state index is 12.7. The van der Waals surface area contributed by atoms with Crippen LogP contribution in [-0.4, -0.2) is 40.3 Å². The highest BCUT2D eigenvalue weighted by molar-refractivity contribution is 5.13. The molecule has 118 valence electrons. The number of aryl methyl sites for hydroxylation is 1. The molecular formula is C13H19F3N4O. The molecule has 2 rings (SSSR count). The van der Waals surface area contributed by atoms with E-state index in [1.54, 1.807) is 0 Å². The van der Waals surface area contributed by atoms with Crippen molar-refractivity contribution in [3.05, 3.63) is 23.3 Å². The van der Waals surface area contributed by atoms with Crippen molar-refractivity contribution in [2.75, 3.05) is 19.6 Å². The van der Waals surface area contributed by atoms with Crippen molar-refractivity contribution in [3.63, 3.8) is 0 Å². The van der Waals surface area contributed by atoms with Gasteiger partial charge < -0.3 is 15.7 Å². The summed E-state index contributed by atoms with van der Waals surface area (Å²) in [6.45, 7) is 3.23. The number of aromatic nitrogens is 2. The Hall–Kier alpha value is -1.25. The summed E-state index contributed by atoms with van der Waals surface area (Å²) in [7, 11) is 0. The number of alkyl halides is 3. The fraction of sp³-hybridized carbons (Fsp3) is 0.692. The number of β-amino-alcohol motifs (C(OH)–C–C–N with tert-alkyl or cyclic N) is 1. The summed E-state index contributed by atoms with van der Waals surface area (Å²) in [5.74, 6) is 0.0784. The second-order valence-electron chi connectivity index (χ2n) is 5.42. The van der Waals surface area contributed by atoms with E-state index in [0.29, 0.717) is 19.5 Å². The van der Waals surface area contributed by atoms with Gasteiger partial charge in [0.05, 0.1) is 12.1 Å². The maximum Gasteiger partial charge on any atom is 0.433 e. The minimum atomic E-state index is -4.48. The summed E-state index contributed by atoms with van der Waals surface area (Å²) >= 11 is 0. The summed E-state index contributed by atoms with van der Waals surface area (Å²) in [5.41, 5.74) is -1.54. The predicted molar refractivity (Wildman–Crippen MR) is 70.5 cm³/mol. The van der Waals surface area contributed by atoms with Crippen molar-refractivity contribution in [1.82, 2.24) is 20.6 Å². The van der Waals surface area contributed by atoms with Crippen LogP contribution >= 0.6 is 0 Å². The van der Waals surface area contributed by atoms with Crippen LogP contribution < -0.4 is 10.6 Å². The van der Waals surface area contributed by atoms with E-state index in [1.807, 2.05) is 0 Å². The smallest absolute Gasteiger partial charge is 0.387 e. The fourth-order valence-corrected chi connectivity index (χ4v) is 2.36. The van der Waals surface area contributed by atoms with Crippen LogP contribution in [0.4, 0.5) is 13.2 Å². The SMILES string of the molecule is Cc1cc(C(F)(F)F)nc(CNCC2(O)CCCNC2)n1. The Morgan fingerprint density at radius 3 is 2.81 bits per heavy atom. The molecule has 1 unspecified atom stereocenters. The minimum Gasteiger partial charge on any atom is -0.387 e.